The number of anilines is 3. The standard InChI is InChI=1S/C59H43NO/c1-4-16-42(17-5-1)40-59(55-26-14-15-27-56(55)61-58-54-25-13-11-23-52(54)51-22-10-12-24-53(51)57(58)59)41-43-28-34-48(35-29-43)60(49-36-30-46(31-37-49)44-18-6-2-7-19-44)50-38-32-47(33-39-50)45-20-8-3-9-21-45/h1-39H,40-41H2. The third-order valence-electron chi connectivity index (χ3n) is 12.5. The zero-order chi connectivity index (χ0) is 40.6. The van der Waals surface area contributed by atoms with Gasteiger partial charge in [-0.25, -0.2) is 0 Å². The summed E-state index contributed by atoms with van der Waals surface area (Å²) in [5.41, 5.74) is 12.7. The molecule has 61 heavy (non-hydrogen) atoms. The molecule has 0 saturated heterocycles. The van der Waals surface area contributed by atoms with Crippen LogP contribution in [0.4, 0.5) is 17.1 Å². The van der Waals surface area contributed by atoms with Crippen LogP contribution in [0.15, 0.2) is 237 Å². The molecule has 10 aromatic rings. The molecular formula is C59H43NO. The van der Waals surface area contributed by atoms with Crippen molar-refractivity contribution in [1.82, 2.24) is 0 Å². The Kier molecular flexibility index (Phi) is 9.24. The molecule has 1 heterocycles. The number of nitrogens with zero attached hydrogens (tertiary/aromatic N) is 1. The van der Waals surface area contributed by atoms with Gasteiger partial charge in [-0.05, 0) is 105 Å². The first-order valence-corrected chi connectivity index (χ1v) is 21.2. The fourth-order valence-electron chi connectivity index (χ4n) is 9.69. The Morgan fingerprint density at radius 1 is 0.328 bits per heavy atom. The lowest BCUT2D eigenvalue weighted by Crippen LogP contribution is -2.36. The van der Waals surface area contributed by atoms with Crippen LogP contribution in [0.2, 0.25) is 0 Å². The second-order valence-electron chi connectivity index (χ2n) is 16.1. The summed E-state index contributed by atoms with van der Waals surface area (Å²) >= 11 is 0. The van der Waals surface area contributed by atoms with Gasteiger partial charge in [0.2, 0.25) is 0 Å². The van der Waals surface area contributed by atoms with E-state index >= 15 is 0 Å². The van der Waals surface area contributed by atoms with Crippen molar-refractivity contribution in [3.8, 4) is 33.8 Å². The molecule has 2 heteroatoms. The molecule has 0 aliphatic carbocycles. The molecule has 0 amide bonds. The van der Waals surface area contributed by atoms with Crippen LogP contribution in [-0.2, 0) is 18.3 Å². The fraction of sp³-hybridized carbons (Fsp3) is 0.0508. The number of ether oxygens (including phenoxy) is 1. The largest absolute Gasteiger partial charge is 0.456 e. The van der Waals surface area contributed by atoms with Crippen LogP contribution < -0.4 is 9.64 Å². The lowest BCUT2D eigenvalue weighted by molar-refractivity contribution is 0.392. The normalized spacial score (nSPS) is 14.2. The van der Waals surface area contributed by atoms with Crippen molar-refractivity contribution in [1.29, 1.82) is 0 Å². The van der Waals surface area contributed by atoms with Crippen molar-refractivity contribution in [2.45, 2.75) is 18.3 Å². The van der Waals surface area contributed by atoms with Gasteiger partial charge in [-0.2, -0.15) is 0 Å². The average Bonchev–Trinajstić information content (AvgIpc) is 3.33. The van der Waals surface area contributed by atoms with Crippen LogP contribution in [0.3, 0.4) is 0 Å². The first kappa shape index (κ1) is 36.4. The summed E-state index contributed by atoms with van der Waals surface area (Å²) < 4.78 is 7.04. The molecule has 1 unspecified atom stereocenters. The second kappa shape index (κ2) is 15.5. The summed E-state index contributed by atoms with van der Waals surface area (Å²) in [5, 5.41) is 4.84. The van der Waals surface area contributed by atoms with Gasteiger partial charge in [-0.15, -0.1) is 0 Å². The predicted molar refractivity (Wildman–Crippen MR) is 255 cm³/mol. The highest BCUT2D eigenvalue weighted by atomic mass is 16.5. The molecule has 1 aliphatic heterocycles. The van der Waals surface area contributed by atoms with E-state index in [0.717, 1.165) is 46.8 Å². The quantitative estimate of drug-likeness (QED) is 0.135. The van der Waals surface area contributed by atoms with E-state index in [0.29, 0.717) is 0 Å². The molecular weight excluding hydrogens is 739 g/mol. The Hall–Kier alpha value is -7.68. The number of hydrogen-bond acceptors (Lipinski definition) is 2. The van der Waals surface area contributed by atoms with Gasteiger partial charge in [0.05, 0.1) is 0 Å². The van der Waals surface area contributed by atoms with Crippen LogP contribution in [0.5, 0.6) is 11.5 Å². The Bertz CT molecular complexity index is 3040. The number of fused-ring (bicyclic) bond motifs is 7. The van der Waals surface area contributed by atoms with Crippen molar-refractivity contribution in [3.63, 3.8) is 0 Å². The molecule has 1 aliphatic rings. The lowest BCUT2D eigenvalue weighted by atomic mass is 9.64. The summed E-state index contributed by atoms with van der Waals surface area (Å²) in [6.07, 6.45) is 1.61. The highest BCUT2D eigenvalue weighted by molar-refractivity contribution is 6.13. The summed E-state index contributed by atoms with van der Waals surface area (Å²) in [6, 6.07) is 85.6. The van der Waals surface area contributed by atoms with Crippen molar-refractivity contribution in [2.75, 3.05) is 4.90 Å². The molecule has 0 aromatic heterocycles. The first-order valence-electron chi connectivity index (χ1n) is 21.2. The van der Waals surface area contributed by atoms with Gasteiger partial charge in [0.15, 0.2) is 0 Å². The van der Waals surface area contributed by atoms with E-state index in [1.807, 2.05) is 0 Å². The maximum Gasteiger partial charge on any atom is 0.140 e. The van der Waals surface area contributed by atoms with E-state index in [1.54, 1.807) is 0 Å². The van der Waals surface area contributed by atoms with Gasteiger partial charge in [-0.1, -0.05) is 194 Å². The zero-order valence-corrected chi connectivity index (χ0v) is 33.8. The van der Waals surface area contributed by atoms with E-state index in [1.165, 1.54) is 60.7 Å². The lowest BCUT2D eigenvalue weighted by Gasteiger charge is -2.42. The van der Waals surface area contributed by atoms with Crippen LogP contribution in [0.1, 0.15) is 22.3 Å². The van der Waals surface area contributed by atoms with E-state index < -0.39 is 5.41 Å². The molecule has 0 radical (unpaired) electrons. The van der Waals surface area contributed by atoms with Gasteiger partial charge < -0.3 is 9.64 Å². The van der Waals surface area contributed by atoms with Gasteiger partial charge in [0, 0.05) is 39.0 Å². The summed E-state index contributed by atoms with van der Waals surface area (Å²) in [6.45, 7) is 0. The van der Waals surface area contributed by atoms with Crippen molar-refractivity contribution in [3.05, 3.63) is 259 Å². The number of hydrogen-bond donors (Lipinski definition) is 0. The monoisotopic (exact) mass is 781 g/mol. The van der Waals surface area contributed by atoms with E-state index in [9.17, 15) is 0 Å². The maximum absolute atomic E-state index is 7.04. The fourth-order valence-corrected chi connectivity index (χ4v) is 9.69. The zero-order valence-electron chi connectivity index (χ0n) is 33.8. The minimum absolute atomic E-state index is 0.434. The van der Waals surface area contributed by atoms with E-state index in [2.05, 4.69) is 241 Å². The summed E-state index contributed by atoms with van der Waals surface area (Å²) in [4.78, 5) is 2.37. The van der Waals surface area contributed by atoms with Gasteiger partial charge in [-0.3, -0.25) is 0 Å². The third kappa shape index (κ3) is 6.63. The maximum atomic E-state index is 7.04. The summed E-state index contributed by atoms with van der Waals surface area (Å²) in [7, 11) is 0. The summed E-state index contributed by atoms with van der Waals surface area (Å²) in [5.74, 6) is 1.89. The molecule has 0 bridgehead atoms. The van der Waals surface area contributed by atoms with Crippen molar-refractivity contribution in [2.24, 2.45) is 0 Å². The Morgan fingerprint density at radius 2 is 0.721 bits per heavy atom. The highest BCUT2D eigenvalue weighted by Crippen LogP contribution is 2.56. The molecule has 0 spiro atoms. The van der Waals surface area contributed by atoms with Crippen LogP contribution in [0.25, 0.3) is 43.8 Å². The second-order valence-corrected chi connectivity index (χ2v) is 16.1. The van der Waals surface area contributed by atoms with Gasteiger partial charge >= 0.3 is 0 Å². The molecule has 1 atom stereocenters. The van der Waals surface area contributed by atoms with Crippen molar-refractivity contribution < 1.29 is 4.74 Å². The molecule has 0 fully saturated rings. The minimum atomic E-state index is -0.434. The molecule has 2 nitrogen and oxygen atoms in total. The first-order chi connectivity index (χ1) is 30.2. The molecule has 290 valence electrons. The van der Waals surface area contributed by atoms with Crippen LogP contribution in [-0.4, -0.2) is 0 Å². The Morgan fingerprint density at radius 3 is 1.28 bits per heavy atom. The Labute approximate surface area is 357 Å². The smallest absolute Gasteiger partial charge is 0.140 e. The third-order valence-corrected chi connectivity index (χ3v) is 12.5. The topological polar surface area (TPSA) is 12.5 Å². The van der Waals surface area contributed by atoms with Gasteiger partial charge in [0.1, 0.15) is 11.5 Å². The minimum Gasteiger partial charge on any atom is -0.456 e. The van der Waals surface area contributed by atoms with E-state index in [4.69, 9.17) is 4.74 Å². The number of rotatable bonds is 9. The van der Waals surface area contributed by atoms with E-state index in [-0.39, 0.29) is 0 Å². The van der Waals surface area contributed by atoms with Crippen LogP contribution >= 0.6 is 0 Å². The number of benzene rings is 10. The molecule has 0 N–H and O–H groups in total. The predicted octanol–water partition coefficient (Wildman–Crippen LogP) is 15.7. The SMILES string of the molecule is c1ccc(CC2(Cc3ccc(N(c4ccc(-c5ccccc5)cc4)c4ccc(-c5ccccc5)cc4)cc3)c3ccccc3Oc3c2c2ccccc2c2ccccc32)cc1. The molecule has 0 saturated carbocycles. The van der Waals surface area contributed by atoms with Crippen molar-refractivity contribution >= 4 is 38.6 Å². The van der Waals surface area contributed by atoms with Gasteiger partial charge in [0.25, 0.3) is 0 Å². The molecule has 11 rings (SSSR count). The number of para-hydroxylation sites is 1. The highest BCUT2D eigenvalue weighted by Gasteiger charge is 2.44. The molecule has 10 aromatic carbocycles. The van der Waals surface area contributed by atoms with Crippen LogP contribution in [0, 0.1) is 0 Å². The average molecular weight is 782 g/mol. The Balaban J connectivity index is 1.05.